The predicted octanol–water partition coefficient (Wildman–Crippen LogP) is 2.38. The Morgan fingerprint density at radius 2 is 1.80 bits per heavy atom. The van der Waals surface area contributed by atoms with Crippen LogP contribution in [0.5, 0.6) is 0 Å². The highest BCUT2D eigenvalue weighted by Gasteiger charge is 2.26. The standard InChI is InChI=1S/C20H29N5O3S2/c1-15-10-16(2)12-24(11-15)19(26)14-29-20-22-21-18(23(20)3)13-25(30(4,27)28)17-8-6-5-7-9-17/h5-9,15-16H,10-14H2,1-4H3/t15-,16-/m1/s1. The van der Waals surface area contributed by atoms with Crippen LogP contribution in [-0.4, -0.2) is 59.1 Å². The molecular weight excluding hydrogens is 422 g/mol. The molecule has 0 spiro atoms. The second-order valence-corrected chi connectivity index (χ2v) is 10.9. The number of thioether (sulfide) groups is 1. The van der Waals surface area contributed by atoms with Crippen LogP contribution >= 0.6 is 11.8 Å². The average molecular weight is 452 g/mol. The summed E-state index contributed by atoms with van der Waals surface area (Å²) in [6, 6.07) is 8.90. The molecule has 2 atom stereocenters. The Kier molecular flexibility index (Phi) is 7.07. The van der Waals surface area contributed by atoms with Gasteiger partial charge < -0.3 is 9.47 Å². The van der Waals surface area contributed by atoms with Gasteiger partial charge in [-0.3, -0.25) is 9.10 Å². The first-order valence-corrected chi connectivity index (χ1v) is 12.8. The Hall–Kier alpha value is -2.07. The second-order valence-electron chi connectivity index (χ2n) is 8.10. The fraction of sp³-hybridized carbons (Fsp3) is 0.550. The minimum Gasteiger partial charge on any atom is -0.341 e. The van der Waals surface area contributed by atoms with Crippen molar-refractivity contribution in [2.45, 2.75) is 32.0 Å². The lowest BCUT2D eigenvalue weighted by Gasteiger charge is -2.34. The van der Waals surface area contributed by atoms with Gasteiger partial charge in [0.05, 0.1) is 24.2 Å². The van der Waals surface area contributed by atoms with E-state index < -0.39 is 10.0 Å². The summed E-state index contributed by atoms with van der Waals surface area (Å²) in [6.45, 7) is 6.03. The summed E-state index contributed by atoms with van der Waals surface area (Å²) >= 11 is 1.33. The van der Waals surface area contributed by atoms with E-state index in [9.17, 15) is 13.2 Å². The highest BCUT2D eigenvalue weighted by Crippen LogP contribution is 2.24. The molecule has 1 aliphatic heterocycles. The van der Waals surface area contributed by atoms with E-state index in [1.165, 1.54) is 22.3 Å². The smallest absolute Gasteiger partial charge is 0.233 e. The predicted molar refractivity (Wildman–Crippen MR) is 119 cm³/mol. The number of para-hydroxylation sites is 1. The largest absolute Gasteiger partial charge is 0.341 e. The van der Waals surface area contributed by atoms with Gasteiger partial charge in [-0.1, -0.05) is 43.8 Å². The van der Waals surface area contributed by atoms with Crippen molar-refractivity contribution in [2.24, 2.45) is 18.9 Å². The molecule has 8 nitrogen and oxygen atoms in total. The van der Waals surface area contributed by atoms with E-state index in [-0.39, 0.29) is 12.5 Å². The molecule has 0 radical (unpaired) electrons. The molecule has 164 valence electrons. The van der Waals surface area contributed by atoms with Gasteiger partial charge in [0.2, 0.25) is 15.9 Å². The van der Waals surface area contributed by atoms with Crippen LogP contribution in [0.15, 0.2) is 35.5 Å². The topological polar surface area (TPSA) is 88.4 Å². The van der Waals surface area contributed by atoms with Crippen LogP contribution in [0.2, 0.25) is 0 Å². The van der Waals surface area contributed by atoms with Crippen molar-refractivity contribution < 1.29 is 13.2 Å². The van der Waals surface area contributed by atoms with Gasteiger partial charge in [0.25, 0.3) is 0 Å². The lowest BCUT2D eigenvalue weighted by molar-refractivity contribution is -0.130. The van der Waals surface area contributed by atoms with E-state index in [0.717, 1.165) is 19.5 Å². The minimum atomic E-state index is -3.49. The van der Waals surface area contributed by atoms with E-state index in [4.69, 9.17) is 0 Å². The summed E-state index contributed by atoms with van der Waals surface area (Å²) in [4.78, 5) is 14.6. The van der Waals surface area contributed by atoms with E-state index in [1.807, 2.05) is 11.0 Å². The minimum absolute atomic E-state index is 0.0714. The number of hydrogen-bond acceptors (Lipinski definition) is 6. The van der Waals surface area contributed by atoms with Crippen molar-refractivity contribution in [3.8, 4) is 0 Å². The molecule has 0 unspecified atom stereocenters. The van der Waals surface area contributed by atoms with Crippen molar-refractivity contribution in [2.75, 3.05) is 29.4 Å². The number of amides is 1. The Bertz CT molecular complexity index is 968. The number of sulfonamides is 1. The third-order valence-electron chi connectivity index (χ3n) is 5.20. The number of carbonyl (C=O) groups is 1. The lowest BCUT2D eigenvalue weighted by atomic mass is 9.92. The van der Waals surface area contributed by atoms with Gasteiger partial charge in [0.15, 0.2) is 11.0 Å². The third-order valence-corrected chi connectivity index (χ3v) is 7.35. The maximum atomic E-state index is 12.6. The summed E-state index contributed by atoms with van der Waals surface area (Å²) in [6.07, 6.45) is 2.33. The fourth-order valence-electron chi connectivity index (χ4n) is 3.82. The maximum absolute atomic E-state index is 12.6. The van der Waals surface area contributed by atoms with Crippen molar-refractivity contribution >= 4 is 33.4 Å². The normalized spacial score (nSPS) is 19.7. The van der Waals surface area contributed by atoms with Gasteiger partial charge in [0.1, 0.15) is 0 Å². The molecule has 1 saturated heterocycles. The molecule has 3 rings (SSSR count). The number of rotatable bonds is 7. The van der Waals surface area contributed by atoms with Crippen LogP contribution in [0, 0.1) is 11.8 Å². The molecule has 1 aliphatic rings. The number of hydrogen-bond donors (Lipinski definition) is 0. The lowest BCUT2D eigenvalue weighted by Crippen LogP contribution is -2.43. The molecule has 2 heterocycles. The zero-order valence-corrected chi connectivity index (χ0v) is 19.5. The number of nitrogens with zero attached hydrogens (tertiary/aromatic N) is 5. The molecule has 0 aliphatic carbocycles. The number of anilines is 1. The molecule has 1 aromatic carbocycles. The summed E-state index contributed by atoms with van der Waals surface area (Å²) in [5, 5.41) is 8.94. The van der Waals surface area contributed by atoms with Gasteiger partial charge >= 0.3 is 0 Å². The molecule has 1 fully saturated rings. The molecule has 10 heteroatoms. The monoisotopic (exact) mass is 451 g/mol. The van der Waals surface area contributed by atoms with Crippen LogP contribution in [0.3, 0.4) is 0 Å². The van der Waals surface area contributed by atoms with E-state index in [0.29, 0.717) is 34.3 Å². The van der Waals surface area contributed by atoms with E-state index in [2.05, 4.69) is 24.0 Å². The number of benzene rings is 1. The van der Waals surface area contributed by atoms with E-state index in [1.54, 1.807) is 35.9 Å². The summed E-state index contributed by atoms with van der Waals surface area (Å²) in [7, 11) is -1.70. The van der Waals surface area contributed by atoms with Crippen molar-refractivity contribution in [1.29, 1.82) is 0 Å². The highest BCUT2D eigenvalue weighted by atomic mass is 32.2. The molecular formula is C20H29N5O3S2. The van der Waals surface area contributed by atoms with Crippen molar-refractivity contribution in [3.63, 3.8) is 0 Å². The zero-order valence-electron chi connectivity index (χ0n) is 17.9. The summed E-state index contributed by atoms with van der Waals surface area (Å²) in [5.74, 6) is 1.94. The molecule has 0 N–H and O–H groups in total. The van der Waals surface area contributed by atoms with Gasteiger partial charge in [-0.15, -0.1) is 10.2 Å². The molecule has 1 aromatic heterocycles. The van der Waals surface area contributed by atoms with Crippen LogP contribution in [-0.2, 0) is 28.4 Å². The first-order valence-electron chi connectivity index (χ1n) is 9.96. The van der Waals surface area contributed by atoms with E-state index >= 15 is 0 Å². The average Bonchev–Trinajstić information content (AvgIpc) is 3.02. The highest BCUT2D eigenvalue weighted by molar-refractivity contribution is 7.99. The molecule has 30 heavy (non-hydrogen) atoms. The van der Waals surface area contributed by atoms with Gasteiger partial charge in [-0.25, -0.2) is 8.42 Å². The van der Waals surface area contributed by atoms with Crippen LogP contribution in [0.25, 0.3) is 0 Å². The van der Waals surface area contributed by atoms with Crippen LogP contribution in [0.1, 0.15) is 26.1 Å². The fourth-order valence-corrected chi connectivity index (χ4v) is 5.50. The third kappa shape index (κ3) is 5.54. The second kappa shape index (κ2) is 9.38. The first kappa shape index (κ1) is 22.6. The quantitative estimate of drug-likeness (QED) is 0.601. The Morgan fingerprint density at radius 3 is 2.40 bits per heavy atom. The Labute approximate surface area is 182 Å². The van der Waals surface area contributed by atoms with Gasteiger partial charge in [0, 0.05) is 20.1 Å². The van der Waals surface area contributed by atoms with Gasteiger partial charge in [-0.2, -0.15) is 0 Å². The van der Waals surface area contributed by atoms with Crippen LogP contribution in [0.4, 0.5) is 5.69 Å². The Morgan fingerprint density at radius 1 is 1.17 bits per heavy atom. The number of piperidine rings is 1. The Balaban J connectivity index is 1.67. The number of aromatic nitrogens is 3. The van der Waals surface area contributed by atoms with Gasteiger partial charge in [-0.05, 0) is 30.4 Å². The summed E-state index contributed by atoms with van der Waals surface area (Å²) < 4.78 is 27.7. The molecule has 1 amide bonds. The number of likely N-dealkylation sites (tertiary alicyclic amines) is 1. The van der Waals surface area contributed by atoms with Crippen molar-refractivity contribution in [1.82, 2.24) is 19.7 Å². The summed E-state index contributed by atoms with van der Waals surface area (Å²) in [5.41, 5.74) is 0.570. The van der Waals surface area contributed by atoms with Crippen molar-refractivity contribution in [3.05, 3.63) is 36.2 Å². The van der Waals surface area contributed by atoms with Crippen LogP contribution < -0.4 is 4.31 Å². The zero-order chi connectivity index (χ0) is 21.9. The molecule has 0 bridgehead atoms. The first-order chi connectivity index (χ1) is 14.1. The SMILES string of the molecule is C[C@@H]1C[C@@H](C)CN(C(=O)CSc2nnc(CN(c3ccccc3)S(C)(=O)=O)n2C)C1. The molecule has 2 aromatic rings. The molecule has 0 saturated carbocycles. The maximum Gasteiger partial charge on any atom is 0.233 e. The number of carbonyl (C=O) groups excluding carboxylic acids is 1.